The molecule has 1 heterocycles. The van der Waals surface area contributed by atoms with E-state index in [0.717, 1.165) is 11.3 Å². The van der Waals surface area contributed by atoms with Crippen molar-refractivity contribution < 1.29 is 13.2 Å². The third kappa shape index (κ3) is 4.62. The summed E-state index contributed by atoms with van der Waals surface area (Å²) in [5, 5.41) is 0.504. The number of halogens is 1. The molecular formula is C20H23ClN2O3S. The van der Waals surface area contributed by atoms with Crippen LogP contribution in [0.25, 0.3) is 0 Å². The molecule has 27 heavy (non-hydrogen) atoms. The van der Waals surface area contributed by atoms with Crippen LogP contribution in [0.4, 0.5) is 11.4 Å². The van der Waals surface area contributed by atoms with Crippen molar-refractivity contribution >= 4 is 38.9 Å². The molecule has 2 aromatic carbocycles. The van der Waals surface area contributed by atoms with Crippen LogP contribution in [-0.2, 0) is 27.0 Å². The number of hydrogen-bond donors (Lipinski definition) is 1. The molecule has 144 valence electrons. The van der Waals surface area contributed by atoms with Gasteiger partial charge in [-0.3, -0.25) is 9.52 Å². The normalized spacial score (nSPS) is 14.1. The predicted molar refractivity (Wildman–Crippen MR) is 110 cm³/mol. The Morgan fingerprint density at radius 1 is 1.19 bits per heavy atom. The zero-order valence-corrected chi connectivity index (χ0v) is 17.2. The Labute approximate surface area is 165 Å². The number of carbonyl (C=O) groups excluding carboxylic acids is 1. The largest absolute Gasteiger partial charge is 0.311 e. The number of sulfonamides is 1. The standard InChI is InChI=1S/C20H23ClN2O3S/c1-20(2,3)19(24)23-10-9-15-12-17(7-8-18(15)23)22-27(25,26)13-14-5-4-6-16(21)11-14/h4-8,11-12,22H,9-10,13H2,1-3H3. The maximum absolute atomic E-state index is 12.6. The molecule has 0 unspecified atom stereocenters. The Kier molecular flexibility index (Phi) is 5.23. The molecule has 0 fully saturated rings. The summed E-state index contributed by atoms with van der Waals surface area (Å²) in [7, 11) is -3.56. The first kappa shape index (κ1) is 19.7. The molecule has 0 saturated carbocycles. The number of rotatable bonds is 4. The van der Waals surface area contributed by atoms with Crippen LogP contribution in [0.5, 0.6) is 0 Å². The van der Waals surface area contributed by atoms with Crippen LogP contribution >= 0.6 is 11.6 Å². The van der Waals surface area contributed by atoms with Crippen LogP contribution in [0, 0.1) is 5.41 Å². The number of amides is 1. The maximum atomic E-state index is 12.6. The minimum Gasteiger partial charge on any atom is -0.311 e. The molecule has 0 atom stereocenters. The highest BCUT2D eigenvalue weighted by molar-refractivity contribution is 7.91. The lowest BCUT2D eigenvalue weighted by Crippen LogP contribution is -2.38. The van der Waals surface area contributed by atoms with E-state index in [-0.39, 0.29) is 11.7 Å². The van der Waals surface area contributed by atoms with Crippen molar-refractivity contribution in [3.63, 3.8) is 0 Å². The van der Waals surface area contributed by atoms with E-state index in [1.54, 1.807) is 41.3 Å². The SMILES string of the molecule is CC(C)(C)C(=O)N1CCc2cc(NS(=O)(=O)Cc3cccc(Cl)c3)ccc21. The highest BCUT2D eigenvalue weighted by Crippen LogP contribution is 2.34. The van der Waals surface area contributed by atoms with Crippen molar-refractivity contribution in [3.05, 3.63) is 58.6 Å². The van der Waals surface area contributed by atoms with Gasteiger partial charge < -0.3 is 4.90 Å². The lowest BCUT2D eigenvalue weighted by Gasteiger charge is -2.26. The summed E-state index contributed by atoms with van der Waals surface area (Å²) >= 11 is 5.92. The van der Waals surface area contributed by atoms with Gasteiger partial charge in [-0.2, -0.15) is 0 Å². The highest BCUT2D eigenvalue weighted by Gasteiger charge is 2.32. The summed E-state index contributed by atoms with van der Waals surface area (Å²) in [6.07, 6.45) is 0.709. The third-order valence-electron chi connectivity index (χ3n) is 4.38. The second-order valence-electron chi connectivity index (χ2n) is 7.79. The summed E-state index contributed by atoms with van der Waals surface area (Å²) < 4.78 is 27.5. The van der Waals surface area contributed by atoms with Crippen LogP contribution in [0.15, 0.2) is 42.5 Å². The molecule has 1 aliphatic heterocycles. The minimum absolute atomic E-state index is 0.0653. The molecule has 0 aliphatic carbocycles. The first-order valence-electron chi connectivity index (χ1n) is 8.75. The van der Waals surface area contributed by atoms with Gasteiger partial charge in [-0.25, -0.2) is 8.42 Å². The Morgan fingerprint density at radius 2 is 1.93 bits per heavy atom. The fourth-order valence-corrected chi connectivity index (χ4v) is 4.53. The Hall–Kier alpha value is -2.05. The summed E-state index contributed by atoms with van der Waals surface area (Å²) in [4.78, 5) is 14.4. The molecule has 0 saturated heterocycles. The average Bonchev–Trinajstić information content (AvgIpc) is 2.95. The smallest absolute Gasteiger partial charge is 0.236 e. The number of nitrogens with zero attached hydrogens (tertiary/aromatic N) is 1. The maximum Gasteiger partial charge on any atom is 0.236 e. The van der Waals surface area contributed by atoms with E-state index < -0.39 is 15.4 Å². The van der Waals surface area contributed by atoms with E-state index in [1.807, 2.05) is 26.8 Å². The van der Waals surface area contributed by atoms with Gasteiger partial charge in [0.2, 0.25) is 15.9 Å². The lowest BCUT2D eigenvalue weighted by molar-refractivity contribution is -0.125. The van der Waals surface area contributed by atoms with Gasteiger partial charge in [0.15, 0.2) is 0 Å². The summed E-state index contributed by atoms with van der Waals surface area (Å²) in [5.41, 5.74) is 2.49. The highest BCUT2D eigenvalue weighted by atomic mass is 35.5. The molecule has 1 N–H and O–H groups in total. The fourth-order valence-electron chi connectivity index (χ4n) is 3.14. The van der Waals surface area contributed by atoms with Crippen LogP contribution in [0.2, 0.25) is 5.02 Å². The van der Waals surface area contributed by atoms with Crippen LogP contribution in [-0.4, -0.2) is 20.9 Å². The number of nitrogens with one attached hydrogen (secondary N) is 1. The number of carbonyl (C=O) groups is 1. The summed E-state index contributed by atoms with van der Waals surface area (Å²) in [5.74, 6) is -0.0882. The molecule has 5 nitrogen and oxygen atoms in total. The first-order valence-corrected chi connectivity index (χ1v) is 10.8. The van der Waals surface area contributed by atoms with Crippen molar-refractivity contribution in [2.45, 2.75) is 32.9 Å². The van der Waals surface area contributed by atoms with Gasteiger partial charge >= 0.3 is 0 Å². The van der Waals surface area contributed by atoms with E-state index in [2.05, 4.69) is 4.72 Å². The zero-order valence-electron chi connectivity index (χ0n) is 15.6. The van der Waals surface area contributed by atoms with Crippen molar-refractivity contribution in [1.29, 1.82) is 0 Å². The number of fused-ring (bicyclic) bond motifs is 1. The first-order chi connectivity index (χ1) is 12.5. The van der Waals surface area contributed by atoms with Crippen LogP contribution in [0.3, 0.4) is 0 Å². The average molecular weight is 407 g/mol. The molecule has 0 aromatic heterocycles. The molecule has 0 spiro atoms. The Balaban J connectivity index is 1.77. The van der Waals surface area contributed by atoms with Crippen molar-refractivity contribution in [1.82, 2.24) is 0 Å². The second-order valence-corrected chi connectivity index (χ2v) is 9.95. The summed E-state index contributed by atoms with van der Waals surface area (Å²) in [6.45, 7) is 6.30. The molecule has 2 aromatic rings. The van der Waals surface area contributed by atoms with Crippen LogP contribution in [0.1, 0.15) is 31.9 Å². The van der Waals surface area contributed by atoms with Crippen LogP contribution < -0.4 is 9.62 Å². The number of anilines is 2. The van der Waals surface area contributed by atoms with Gasteiger partial charge in [0.25, 0.3) is 0 Å². The Morgan fingerprint density at radius 3 is 2.59 bits per heavy atom. The Bertz CT molecular complexity index is 981. The van der Waals surface area contributed by atoms with Crippen molar-refractivity contribution in [2.75, 3.05) is 16.2 Å². The molecule has 0 radical (unpaired) electrons. The molecule has 1 amide bonds. The lowest BCUT2D eigenvalue weighted by atomic mass is 9.94. The summed E-state index contributed by atoms with van der Waals surface area (Å²) in [6, 6.07) is 12.1. The van der Waals surface area contributed by atoms with E-state index in [4.69, 9.17) is 11.6 Å². The molecule has 1 aliphatic rings. The van der Waals surface area contributed by atoms with Gasteiger partial charge in [0, 0.05) is 28.4 Å². The topological polar surface area (TPSA) is 66.5 Å². The molecule has 7 heteroatoms. The van der Waals surface area contributed by atoms with E-state index >= 15 is 0 Å². The van der Waals surface area contributed by atoms with Gasteiger partial charge in [0.1, 0.15) is 0 Å². The quantitative estimate of drug-likeness (QED) is 0.826. The molecule has 0 bridgehead atoms. The number of hydrogen-bond acceptors (Lipinski definition) is 3. The van der Waals surface area contributed by atoms with Gasteiger partial charge in [-0.05, 0) is 47.9 Å². The third-order valence-corrected chi connectivity index (χ3v) is 5.88. The van der Waals surface area contributed by atoms with E-state index in [1.165, 1.54) is 0 Å². The molecule has 3 rings (SSSR count). The van der Waals surface area contributed by atoms with Crippen molar-refractivity contribution in [3.8, 4) is 0 Å². The van der Waals surface area contributed by atoms with E-state index in [0.29, 0.717) is 29.2 Å². The monoisotopic (exact) mass is 406 g/mol. The fraction of sp³-hybridized carbons (Fsp3) is 0.350. The van der Waals surface area contributed by atoms with Gasteiger partial charge in [0.05, 0.1) is 5.75 Å². The van der Waals surface area contributed by atoms with Gasteiger partial charge in [-0.15, -0.1) is 0 Å². The van der Waals surface area contributed by atoms with E-state index in [9.17, 15) is 13.2 Å². The zero-order chi connectivity index (χ0) is 19.8. The number of benzene rings is 2. The minimum atomic E-state index is -3.56. The van der Waals surface area contributed by atoms with Gasteiger partial charge in [-0.1, -0.05) is 44.5 Å². The molecular weight excluding hydrogens is 384 g/mol. The predicted octanol–water partition coefficient (Wildman–Crippen LogP) is 4.22. The van der Waals surface area contributed by atoms with Crippen molar-refractivity contribution in [2.24, 2.45) is 5.41 Å². The second kappa shape index (κ2) is 7.17.